The van der Waals surface area contributed by atoms with Crippen LogP contribution in [-0.4, -0.2) is 30.6 Å². The first-order chi connectivity index (χ1) is 7.87. The first-order valence-electron chi connectivity index (χ1n) is 5.39. The first-order valence-corrected chi connectivity index (χ1v) is 5.39. The second-order valence-corrected chi connectivity index (χ2v) is 4.38. The summed E-state index contributed by atoms with van der Waals surface area (Å²) in [5.74, 6) is 0. The molecule has 3 aliphatic rings. The molecule has 80 valence electrons. The highest BCUT2D eigenvalue weighted by Crippen LogP contribution is 2.51. The molecule has 5 heteroatoms. The Morgan fingerprint density at radius 3 is 3.12 bits per heavy atom. The van der Waals surface area contributed by atoms with E-state index in [2.05, 4.69) is 21.3 Å². The molecule has 2 unspecified atom stereocenters. The van der Waals surface area contributed by atoms with Crippen LogP contribution in [-0.2, 0) is 10.3 Å². The number of rotatable bonds is 1. The van der Waals surface area contributed by atoms with Crippen LogP contribution in [0.5, 0.6) is 0 Å². The maximum Gasteiger partial charge on any atom is 0.205 e. The van der Waals surface area contributed by atoms with Crippen molar-refractivity contribution in [2.75, 3.05) is 18.0 Å². The number of para-hydroxylation sites is 1. The fraction of sp³-hybridized carbons (Fsp3) is 0.364. The van der Waals surface area contributed by atoms with Gasteiger partial charge in [0.2, 0.25) is 5.54 Å². The third kappa shape index (κ3) is 0.671. The normalized spacial score (nSPS) is 33.1. The zero-order chi connectivity index (χ0) is 10.8. The highest BCUT2D eigenvalue weighted by atomic mass is 16.1. The Morgan fingerprint density at radius 2 is 2.25 bits per heavy atom. The molecular formula is C11H10N4O. The highest BCUT2D eigenvalue weighted by Gasteiger charge is 2.60. The van der Waals surface area contributed by atoms with E-state index in [0.717, 1.165) is 30.6 Å². The van der Waals surface area contributed by atoms with Crippen molar-refractivity contribution in [2.45, 2.75) is 11.7 Å². The maximum absolute atomic E-state index is 11.5. The summed E-state index contributed by atoms with van der Waals surface area (Å²) in [5.41, 5.74) is 1.33. The minimum atomic E-state index is -0.785. The lowest BCUT2D eigenvalue weighted by molar-refractivity contribution is -0.113. The van der Waals surface area contributed by atoms with Gasteiger partial charge in [-0.25, -0.2) is 0 Å². The number of carbonyl (C=O) groups excluding carboxylic acids is 1. The average Bonchev–Trinajstić information content (AvgIpc) is 2.96. The van der Waals surface area contributed by atoms with E-state index in [0.29, 0.717) is 0 Å². The number of nitrogens with zero attached hydrogens (tertiary/aromatic N) is 4. The number of carbonyl (C=O) groups is 1. The Hall–Kier alpha value is -1.91. The molecule has 0 amide bonds. The van der Waals surface area contributed by atoms with E-state index in [9.17, 15) is 4.79 Å². The van der Waals surface area contributed by atoms with Gasteiger partial charge in [0, 0.05) is 17.8 Å². The monoisotopic (exact) mass is 214 g/mol. The number of benzene rings is 1. The molecule has 5 nitrogen and oxygen atoms in total. The lowest BCUT2D eigenvalue weighted by atomic mass is 9.92. The van der Waals surface area contributed by atoms with E-state index in [1.54, 1.807) is 0 Å². The molecule has 1 saturated heterocycles. The van der Waals surface area contributed by atoms with Crippen molar-refractivity contribution in [3.05, 3.63) is 29.8 Å². The number of hydrogen-bond donors (Lipinski definition) is 0. The Bertz CT molecular complexity index is 514. The molecule has 0 aliphatic carbocycles. The van der Waals surface area contributed by atoms with Gasteiger partial charge in [-0.3, -0.25) is 5.01 Å². The van der Waals surface area contributed by atoms with E-state index in [4.69, 9.17) is 0 Å². The van der Waals surface area contributed by atoms with Gasteiger partial charge >= 0.3 is 0 Å². The lowest BCUT2D eigenvalue weighted by Crippen LogP contribution is -2.43. The molecule has 4 rings (SSSR count). The van der Waals surface area contributed by atoms with E-state index in [1.165, 1.54) is 0 Å². The summed E-state index contributed by atoms with van der Waals surface area (Å²) in [7, 11) is 0. The highest BCUT2D eigenvalue weighted by molar-refractivity contribution is 5.81. The van der Waals surface area contributed by atoms with Crippen LogP contribution in [0.3, 0.4) is 0 Å². The van der Waals surface area contributed by atoms with Crippen LogP contribution < -0.4 is 4.90 Å². The maximum atomic E-state index is 11.5. The summed E-state index contributed by atoms with van der Waals surface area (Å²) in [6.07, 6.45) is 0.910. The average molecular weight is 214 g/mol. The fourth-order valence-corrected chi connectivity index (χ4v) is 3.01. The molecule has 1 fully saturated rings. The lowest BCUT2D eigenvalue weighted by Gasteiger charge is -2.23. The fourth-order valence-electron chi connectivity index (χ4n) is 3.01. The van der Waals surface area contributed by atoms with Crippen LogP contribution >= 0.6 is 0 Å². The summed E-state index contributed by atoms with van der Waals surface area (Å²) in [5, 5.41) is 10.2. The number of anilines is 1. The van der Waals surface area contributed by atoms with Gasteiger partial charge in [-0.05, 0) is 6.07 Å². The van der Waals surface area contributed by atoms with Crippen LogP contribution in [0.25, 0.3) is 0 Å². The Kier molecular flexibility index (Phi) is 1.25. The van der Waals surface area contributed by atoms with E-state index in [1.807, 2.05) is 23.2 Å². The number of fused-ring (bicyclic) bond motifs is 3. The standard InChI is InChI=1S/C11H10N4O/c16-7-11-8-3-1-2-4-9(8)14-5-6-15(10(11)14)13-12-11/h1-4,7,10H,5-6H2. The van der Waals surface area contributed by atoms with E-state index in [-0.39, 0.29) is 6.17 Å². The molecule has 0 N–H and O–H groups in total. The number of hydrogen-bond acceptors (Lipinski definition) is 5. The summed E-state index contributed by atoms with van der Waals surface area (Å²) in [6, 6.07) is 7.98. The molecular weight excluding hydrogens is 204 g/mol. The smallest absolute Gasteiger partial charge is 0.205 e. The molecule has 0 bridgehead atoms. The van der Waals surface area contributed by atoms with Crippen molar-refractivity contribution in [2.24, 2.45) is 10.3 Å². The predicted molar refractivity (Wildman–Crippen MR) is 56.9 cm³/mol. The summed E-state index contributed by atoms with van der Waals surface area (Å²) < 4.78 is 0. The molecule has 1 aromatic carbocycles. The minimum Gasteiger partial charge on any atom is -0.345 e. The molecule has 0 saturated carbocycles. The molecule has 16 heavy (non-hydrogen) atoms. The third-order valence-corrected chi connectivity index (χ3v) is 3.69. The largest absolute Gasteiger partial charge is 0.345 e. The second kappa shape index (κ2) is 2.42. The van der Waals surface area contributed by atoms with Crippen molar-refractivity contribution in [1.29, 1.82) is 0 Å². The number of aldehydes is 1. The van der Waals surface area contributed by atoms with Crippen LogP contribution in [0, 0.1) is 0 Å². The summed E-state index contributed by atoms with van der Waals surface area (Å²) in [4.78, 5) is 13.7. The SMILES string of the molecule is O=CC12N=NN3CCN(c4ccccc41)C32. The second-order valence-electron chi connectivity index (χ2n) is 4.38. The van der Waals surface area contributed by atoms with Gasteiger partial charge in [0.25, 0.3) is 0 Å². The van der Waals surface area contributed by atoms with Crippen LogP contribution in [0.15, 0.2) is 34.6 Å². The van der Waals surface area contributed by atoms with Gasteiger partial charge in [-0.15, -0.1) is 5.11 Å². The molecule has 3 heterocycles. The van der Waals surface area contributed by atoms with Gasteiger partial charge in [0.05, 0.1) is 6.54 Å². The van der Waals surface area contributed by atoms with Gasteiger partial charge in [-0.2, -0.15) is 0 Å². The van der Waals surface area contributed by atoms with Crippen molar-refractivity contribution in [3.8, 4) is 0 Å². The zero-order valence-corrected chi connectivity index (χ0v) is 8.58. The van der Waals surface area contributed by atoms with Crippen LogP contribution in [0.2, 0.25) is 0 Å². The van der Waals surface area contributed by atoms with Crippen molar-refractivity contribution >= 4 is 12.0 Å². The molecule has 3 aliphatic heterocycles. The van der Waals surface area contributed by atoms with Gasteiger partial charge < -0.3 is 9.69 Å². The first kappa shape index (κ1) is 8.27. The Balaban J connectivity index is 2.05. The van der Waals surface area contributed by atoms with E-state index < -0.39 is 5.54 Å². The summed E-state index contributed by atoms with van der Waals surface area (Å²) >= 11 is 0. The molecule has 0 spiro atoms. The Labute approximate surface area is 92.3 Å². The predicted octanol–water partition coefficient (Wildman–Crippen LogP) is 0.923. The van der Waals surface area contributed by atoms with Gasteiger partial charge in [0.1, 0.15) is 0 Å². The quantitative estimate of drug-likeness (QED) is 0.653. The molecule has 0 aromatic heterocycles. The zero-order valence-electron chi connectivity index (χ0n) is 8.58. The molecule has 2 atom stereocenters. The molecule has 1 aromatic rings. The van der Waals surface area contributed by atoms with Crippen LogP contribution in [0.4, 0.5) is 5.69 Å². The third-order valence-electron chi connectivity index (χ3n) is 3.69. The van der Waals surface area contributed by atoms with Crippen molar-refractivity contribution in [1.82, 2.24) is 5.01 Å². The van der Waals surface area contributed by atoms with Gasteiger partial charge in [0.15, 0.2) is 12.5 Å². The Morgan fingerprint density at radius 1 is 1.38 bits per heavy atom. The van der Waals surface area contributed by atoms with Crippen molar-refractivity contribution in [3.63, 3.8) is 0 Å². The minimum absolute atomic E-state index is 0.0256. The van der Waals surface area contributed by atoms with Gasteiger partial charge in [-0.1, -0.05) is 23.4 Å². The topological polar surface area (TPSA) is 48.3 Å². The van der Waals surface area contributed by atoms with E-state index >= 15 is 0 Å². The van der Waals surface area contributed by atoms with Crippen LogP contribution in [0.1, 0.15) is 5.56 Å². The van der Waals surface area contributed by atoms with Crippen molar-refractivity contribution < 1.29 is 4.79 Å². The molecule has 0 radical (unpaired) electrons. The summed E-state index contributed by atoms with van der Waals surface area (Å²) in [6.45, 7) is 1.76.